The van der Waals surface area contributed by atoms with Crippen molar-refractivity contribution in [1.82, 2.24) is 34.2 Å². The van der Waals surface area contributed by atoms with Crippen molar-refractivity contribution in [1.29, 1.82) is 0 Å². The normalized spacial score (nSPS) is 14.9. The van der Waals surface area contributed by atoms with Gasteiger partial charge in [0, 0.05) is 38.8 Å². The largest absolute Gasteiger partial charge is 0.378 e. The maximum Gasteiger partial charge on any atom is 0.245 e. The molecule has 1 unspecified atom stereocenters. The molecule has 0 saturated carbocycles. The Hall–Kier alpha value is -3.79. The van der Waals surface area contributed by atoms with Crippen molar-refractivity contribution in [2.24, 2.45) is 7.05 Å². The zero-order valence-electron chi connectivity index (χ0n) is 20.3. The standard InChI is InChI=1S/C25H30N8O2/c1-4-33-17(2)19(15-28-33)23-30-21-22(26-16-27-24(21)31(23)3)29-20(14-18-8-6-5-7-9-18)25(34)32-10-12-35-13-11-32/h5-9,15-16,20H,4,10-14H2,1-3H3,(H,26,27,29). The fourth-order valence-corrected chi connectivity index (χ4v) is 4.55. The van der Waals surface area contributed by atoms with Gasteiger partial charge >= 0.3 is 0 Å². The third kappa shape index (κ3) is 4.49. The smallest absolute Gasteiger partial charge is 0.245 e. The number of fused-ring (bicyclic) bond motifs is 1. The van der Waals surface area contributed by atoms with Gasteiger partial charge in [0.1, 0.15) is 18.2 Å². The second-order valence-electron chi connectivity index (χ2n) is 8.67. The zero-order valence-corrected chi connectivity index (χ0v) is 20.3. The Balaban J connectivity index is 1.51. The number of benzene rings is 1. The molecule has 1 amide bonds. The minimum absolute atomic E-state index is 0.0279. The van der Waals surface area contributed by atoms with E-state index in [0.717, 1.165) is 29.2 Å². The molecule has 0 bridgehead atoms. The number of aromatic nitrogens is 6. The van der Waals surface area contributed by atoms with E-state index in [2.05, 4.69) is 27.3 Å². The van der Waals surface area contributed by atoms with Crippen molar-refractivity contribution in [3.05, 3.63) is 54.1 Å². The van der Waals surface area contributed by atoms with Crippen LogP contribution in [0.3, 0.4) is 0 Å². The van der Waals surface area contributed by atoms with Crippen LogP contribution < -0.4 is 5.32 Å². The number of hydrogen-bond acceptors (Lipinski definition) is 7. The number of anilines is 1. The second-order valence-corrected chi connectivity index (χ2v) is 8.67. The molecule has 35 heavy (non-hydrogen) atoms. The summed E-state index contributed by atoms with van der Waals surface area (Å²) >= 11 is 0. The predicted octanol–water partition coefficient (Wildman–Crippen LogP) is 2.44. The molecule has 1 aromatic carbocycles. The highest BCUT2D eigenvalue weighted by Crippen LogP contribution is 2.28. The molecule has 1 N–H and O–H groups in total. The van der Waals surface area contributed by atoms with Crippen molar-refractivity contribution in [2.75, 3.05) is 31.6 Å². The van der Waals surface area contributed by atoms with Crippen LogP contribution in [0.15, 0.2) is 42.9 Å². The number of carbonyl (C=O) groups excluding carboxylic acids is 1. The number of aryl methyl sites for hydroxylation is 2. The Kier molecular flexibility index (Phi) is 6.45. The van der Waals surface area contributed by atoms with Crippen LogP contribution in [0.5, 0.6) is 0 Å². The number of nitrogens with one attached hydrogen (secondary N) is 1. The van der Waals surface area contributed by atoms with Gasteiger partial charge in [-0.25, -0.2) is 15.0 Å². The lowest BCUT2D eigenvalue weighted by Gasteiger charge is -2.31. The van der Waals surface area contributed by atoms with Crippen LogP contribution >= 0.6 is 0 Å². The summed E-state index contributed by atoms with van der Waals surface area (Å²) < 4.78 is 9.33. The van der Waals surface area contributed by atoms with Crippen molar-refractivity contribution < 1.29 is 9.53 Å². The van der Waals surface area contributed by atoms with Gasteiger partial charge in [0.25, 0.3) is 0 Å². The van der Waals surface area contributed by atoms with E-state index in [1.807, 2.05) is 64.6 Å². The van der Waals surface area contributed by atoms with Gasteiger partial charge in [0.15, 0.2) is 17.0 Å². The minimum atomic E-state index is -0.497. The van der Waals surface area contributed by atoms with Crippen LogP contribution in [0.25, 0.3) is 22.6 Å². The zero-order chi connectivity index (χ0) is 24.4. The maximum absolute atomic E-state index is 13.5. The Bertz CT molecular complexity index is 1320. The summed E-state index contributed by atoms with van der Waals surface area (Å²) in [6.07, 6.45) is 3.88. The molecule has 1 atom stereocenters. The second kappa shape index (κ2) is 9.83. The van der Waals surface area contributed by atoms with E-state index >= 15 is 0 Å². The highest BCUT2D eigenvalue weighted by molar-refractivity contribution is 5.90. The lowest BCUT2D eigenvalue weighted by Crippen LogP contribution is -2.48. The summed E-state index contributed by atoms with van der Waals surface area (Å²) in [4.78, 5) is 29.3. The van der Waals surface area contributed by atoms with Gasteiger partial charge < -0.3 is 19.5 Å². The van der Waals surface area contributed by atoms with Crippen molar-refractivity contribution in [3.63, 3.8) is 0 Å². The maximum atomic E-state index is 13.5. The van der Waals surface area contributed by atoms with Crippen LogP contribution in [-0.2, 0) is 29.5 Å². The number of hydrogen-bond donors (Lipinski definition) is 1. The van der Waals surface area contributed by atoms with E-state index in [-0.39, 0.29) is 5.91 Å². The van der Waals surface area contributed by atoms with E-state index in [4.69, 9.17) is 9.72 Å². The number of carbonyl (C=O) groups is 1. The number of imidazole rings is 1. The topological polar surface area (TPSA) is 103 Å². The molecular weight excluding hydrogens is 444 g/mol. The molecule has 10 heteroatoms. The van der Waals surface area contributed by atoms with Gasteiger partial charge in [-0.15, -0.1) is 0 Å². The number of ether oxygens (including phenoxy) is 1. The van der Waals surface area contributed by atoms with Crippen LogP contribution in [0.4, 0.5) is 5.82 Å². The molecule has 4 heterocycles. The van der Waals surface area contributed by atoms with Gasteiger partial charge in [-0.05, 0) is 19.4 Å². The molecular formula is C25H30N8O2. The molecule has 182 valence electrons. The van der Waals surface area contributed by atoms with Gasteiger partial charge in [-0.3, -0.25) is 9.48 Å². The third-order valence-electron chi connectivity index (χ3n) is 6.51. The number of rotatable bonds is 7. The molecule has 0 radical (unpaired) electrons. The first-order valence-corrected chi connectivity index (χ1v) is 11.9. The van der Waals surface area contributed by atoms with E-state index in [9.17, 15) is 4.79 Å². The van der Waals surface area contributed by atoms with E-state index in [1.54, 1.807) is 0 Å². The summed E-state index contributed by atoms with van der Waals surface area (Å²) in [6, 6.07) is 9.51. The predicted molar refractivity (Wildman–Crippen MR) is 133 cm³/mol. The fourth-order valence-electron chi connectivity index (χ4n) is 4.55. The molecule has 1 saturated heterocycles. The molecule has 1 aliphatic rings. The summed E-state index contributed by atoms with van der Waals surface area (Å²) in [5, 5.41) is 7.88. The molecule has 3 aromatic heterocycles. The Morgan fingerprint density at radius 2 is 1.94 bits per heavy atom. The van der Waals surface area contributed by atoms with Crippen molar-refractivity contribution in [2.45, 2.75) is 32.9 Å². The first kappa shape index (κ1) is 23.0. The van der Waals surface area contributed by atoms with Gasteiger partial charge in [0.05, 0.1) is 25.0 Å². The highest BCUT2D eigenvalue weighted by Gasteiger charge is 2.28. The van der Waals surface area contributed by atoms with Crippen LogP contribution in [0, 0.1) is 6.92 Å². The lowest BCUT2D eigenvalue weighted by atomic mass is 10.0. The molecule has 0 spiro atoms. The molecule has 0 aliphatic carbocycles. The summed E-state index contributed by atoms with van der Waals surface area (Å²) in [5.74, 6) is 1.33. The van der Waals surface area contributed by atoms with Crippen molar-refractivity contribution in [3.8, 4) is 11.4 Å². The van der Waals surface area contributed by atoms with Gasteiger partial charge in [-0.2, -0.15) is 5.10 Å². The average molecular weight is 475 g/mol. The average Bonchev–Trinajstić information content (AvgIpc) is 3.43. The summed E-state index contributed by atoms with van der Waals surface area (Å²) in [5.41, 5.74) is 4.38. The van der Waals surface area contributed by atoms with Crippen LogP contribution in [0.2, 0.25) is 0 Å². The lowest BCUT2D eigenvalue weighted by molar-refractivity contribution is -0.136. The molecule has 10 nitrogen and oxygen atoms in total. The molecule has 1 aliphatic heterocycles. The van der Waals surface area contributed by atoms with Crippen LogP contribution in [0.1, 0.15) is 18.2 Å². The summed E-state index contributed by atoms with van der Waals surface area (Å²) in [7, 11) is 1.94. The quantitative estimate of drug-likeness (QED) is 0.439. The molecule has 4 aromatic rings. The monoisotopic (exact) mass is 474 g/mol. The van der Waals surface area contributed by atoms with E-state index < -0.39 is 6.04 Å². The van der Waals surface area contributed by atoms with E-state index in [1.165, 1.54) is 6.33 Å². The van der Waals surface area contributed by atoms with Crippen molar-refractivity contribution >= 4 is 22.9 Å². The molecule has 5 rings (SSSR count). The van der Waals surface area contributed by atoms with Crippen LogP contribution in [-0.4, -0.2) is 72.5 Å². The number of amides is 1. The first-order valence-electron chi connectivity index (χ1n) is 11.9. The Morgan fingerprint density at radius 3 is 2.66 bits per heavy atom. The minimum Gasteiger partial charge on any atom is -0.378 e. The Labute approximate surface area is 204 Å². The number of morpholine rings is 1. The van der Waals surface area contributed by atoms with E-state index in [0.29, 0.717) is 49.7 Å². The van der Waals surface area contributed by atoms with Gasteiger partial charge in [-0.1, -0.05) is 30.3 Å². The SMILES string of the molecule is CCn1ncc(-c2nc3c(NC(Cc4ccccc4)C(=O)N4CCOCC4)ncnc3n2C)c1C. The Morgan fingerprint density at radius 1 is 1.17 bits per heavy atom. The number of nitrogens with zero attached hydrogens (tertiary/aromatic N) is 7. The highest BCUT2D eigenvalue weighted by atomic mass is 16.5. The van der Waals surface area contributed by atoms with Gasteiger partial charge in [0.2, 0.25) is 5.91 Å². The fraction of sp³-hybridized carbons (Fsp3) is 0.400. The third-order valence-corrected chi connectivity index (χ3v) is 6.51. The first-order chi connectivity index (χ1) is 17.1. The molecule has 1 fully saturated rings. The summed E-state index contributed by atoms with van der Waals surface area (Å²) in [6.45, 7) is 7.15.